The number of hydrogen-bond acceptors (Lipinski definition) is 5. The standard InChI is InChI=1S/C21H20N2O5S/c1-11(24)17-15-9-14(18(21(27)28)23(15)20(17)26)13-5-2-4-12(8-13)10-22-19(25)16-6-3-7-29-16/h2-8,11,15,17,24H,9-10H2,1H3,(H,22,25)(H,27,28)/t11-,15-,17-/m1/s1. The molecule has 2 aromatic rings. The van der Waals surface area contributed by atoms with Crippen LogP contribution in [0.15, 0.2) is 47.5 Å². The topological polar surface area (TPSA) is 107 Å². The van der Waals surface area contributed by atoms with Crippen LogP contribution < -0.4 is 5.32 Å². The molecule has 2 aliphatic heterocycles. The van der Waals surface area contributed by atoms with Crippen molar-refractivity contribution < 1.29 is 24.6 Å². The Labute approximate surface area is 171 Å². The lowest BCUT2D eigenvalue weighted by Gasteiger charge is -2.44. The molecule has 0 spiro atoms. The molecule has 2 aliphatic rings. The number of nitrogens with one attached hydrogen (secondary N) is 1. The smallest absolute Gasteiger partial charge is 0.352 e. The third-order valence-corrected chi connectivity index (χ3v) is 6.27. The number of carboxylic acid groups (broad SMARTS) is 1. The lowest BCUT2D eigenvalue weighted by atomic mass is 9.82. The maximum absolute atomic E-state index is 12.4. The molecule has 7 nitrogen and oxygen atoms in total. The molecule has 0 bridgehead atoms. The van der Waals surface area contributed by atoms with Crippen molar-refractivity contribution in [3.63, 3.8) is 0 Å². The number of carbonyl (C=O) groups excluding carboxylic acids is 2. The minimum absolute atomic E-state index is 0.0170. The van der Waals surface area contributed by atoms with Crippen molar-refractivity contribution in [1.29, 1.82) is 0 Å². The van der Waals surface area contributed by atoms with Gasteiger partial charge >= 0.3 is 5.97 Å². The molecule has 29 heavy (non-hydrogen) atoms. The Bertz CT molecular complexity index is 1010. The molecule has 1 aromatic carbocycles. The molecule has 3 atom stereocenters. The van der Waals surface area contributed by atoms with Gasteiger partial charge in [-0.1, -0.05) is 24.3 Å². The van der Waals surface area contributed by atoms with Gasteiger partial charge < -0.3 is 20.4 Å². The van der Waals surface area contributed by atoms with Crippen LogP contribution in [0.4, 0.5) is 0 Å². The highest BCUT2D eigenvalue weighted by molar-refractivity contribution is 7.12. The molecule has 4 rings (SSSR count). The van der Waals surface area contributed by atoms with Gasteiger partial charge in [-0.2, -0.15) is 0 Å². The number of aliphatic carboxylic acids is 1. The monoisotopic (exact) mass is 412 g/mol. The Kier molecular flexibility index (Phi) is 4.97. The van der Waals surface area contributed by atoms with Crippen molar-refractivity contribution >= 4 is 34.7 Å². The molecule has 1 aromatic heterocycles. The average Bonchev–Trinajstić information content (AvgIpc) is 3.32. The van der Waals surface area contributed by atoms with Crippen LogP contribution in [-0.2, 0) is 16.1 Å². The normalized spacial score (nSPS) is 21.6. The van der Waals surface area contributed by atoms with Gasteiger partial charge in [0.05, 0.1) is 22.9 Å². The second-order valence-electron chi connectivity index (χ2n) is 7.24. The van der Waals surface area contributed by atoms with E-state index in [1.165, 1.54) is 16.2 Å². The number of carbonyl (C=O) groups is 3. The van der Waals surface area contributed by atoms with E-state index in [1.807, 2.05) is 23.6 Å². The van der Waals surface area contributed by atoms with Gasteiger partial charge in [0.2, 0.25) is 5.91 Å². The van der Waals surface area contributed by atoms with E-state index in [1.54, 1.807) is 25.1 Å². The van der Waals surface area contributed by atoms with Crippen LogP contribution in [0, 0.1) is 5.92 Å². The second-order valence-corrected chi connectivity index (χ2v) is 8.19. The van der Waals surface area contributed by atoms with Crippen LogP contribution in [-0.4, -0.2) is 45.0 Å². The molecule has 1 fully saturated rings. The van der Waals surface area contributed by atoms with Crippen LogP contribution in [0.2, 0.25) is 0 Å². The van der Waals surface area contributed by atoms with Crippen LogP contribution in [0.25, 0.3) is 5.57 Å². The van der Waals surface area contributed by atoms with Gasteiger partial charge in [0.1, 0.15) is 5.70 Å². The number of fused-ring (bicyclic) bond motifs is 1. The Balaban J connectivity index is 1.57. The summed E-state index contributed by atoms with van der Waals surface area (Å²) < 4.78 is 0. The van der Waals surface area contributed by atoms with Gasteiger partial charge in [-0.3, -0.25) is 9.59 Å². The van der Waals surface area contributed by atoms with Crippen molar-refractivity contribution in [3.05, 3.63) is 63.5 Å². The van der Waals surface area contributed by atoms with E-state index in [-0.39, 0.29) is 23.6 Å². The van der Waals surface area contributed by atoms with Gasteiger partial charge in [-0.25, -0.2) is 4.79 Å². The molecule has 0 unspecified atom stereocenters. The summed E-state index contributed by atoms with van der Waals surface area (Å²) >= 11 is 1.36. The summed E-state index contributed by atoms with van der Waals surface area (Å²) in [4.78, 5) is 38.3. The third kappa shape index (κ3) is 3.34. The zero-order valence-corrected chi connectivity index (χ0v) is 16.5. The summed E-state index contributed by atoms with van der Waals surface area (Å²) in [6.45, 7) is 1.86. The highest BCUT2D eigenvalue weighted by atomic mass is 32.1. The average molecular weight is 412 g/mol. The molecule has 0 aliphatic carbocycles. The number of aliphatic hydroxyl groups is 1. The number of rotatable bonds is 6. The maximum atomic E-state index is 12.4. The summed E-state index contributed by atoms with van der Waals surface area (Å²) in [6, 6.07) is 10.5. The van der Waals surface area contributed by atoms with E-state index in [9.17, 15) is 24.6 Å². The minimum Gasteiger partial charge on any atom is -0.477 e. The fraction of sp³-hybridized carbons (Fsp3) is 0.286. The van der Waals surface area contributed by atoms with Crippen molar-refractivity contribution in [2.45, 2.75) is 32.0 Å². The largest absolute Gasteiger partial charge is 0.477 e. The fourth-order valence-corrected chi connectivity index (χ4v) is 4.71. The Hall–Kier alpha value is -2.97. The van der Waals surface area contributed by atoms with Crippen molar-refractivity contribution in [1.82, 2.24) is 10.2 Å². The van der Waals surface area contributed by atoms with E-state index >= 15 is 0 Å². The SMILES string of the molecule is C[C@@H](O)[C@H]1C(=O)N2C(C(=O)O)=C(c3cccc(CNC(=O)c4cccs4)c3)C[C@H]12. The molecular weight excluding hydrogens is 392 g/mol. The Morgan fingerprint density at radius 2 is 2.10 bits per heavy atom. The van der Waals surface area contributed by atoms with Crippen LogP contribution in [0.5, 0.6) is 0 Å². The molecule has 8 heteroatoms. The summed E-state index contributed by atoms with van der Waals surface area (Å²) in [5.41, 5.74) is 2.09. The fourth-order valence-electron chi connectivity index (χ4n) is 4.07. The van der Waals surface area contributed by atoms with Gasteiger partial charge in [0, 0.05) is 6.54 Å². The molecule has 2 amide bonds. The molecule has 3 heterocycles. The molecule has 0 saturated carbocycles. The maximum Gasteiger partial charge on any atom is 0.352 e. The van der Waals surface area contributed by atoms with Crippen molar-refractivity contribution in [2.24, 2.45) is 5.92 Å². The number of benzene rings is 1. The second kappa shape index (κ2) is 7.46. The summed E-state index contributed by atoms with van der Waals surface area (Å²) in [5, 5.41) is 24.2. The highest BCUT2D eigenvalue weighted by Crippen LogP contribution is 2.46. The van der Waals surface area contributed by atoms with Crippen molar-refractivity contribution in [2.75, 3.05) is 0 Å². The van der Waals surface area contributed by atoms with Crippen LogP contribution in [0.1, 0.15) is 34.1 Å². The van der Waals surface area contributed by atoms with Gasteiger partial charge in [0.25, 0.3) is 5.91 Å². The van der Waals surface area contributed by atoms with E-state index in [2.05, 4.69) is 5.32 Å². The summed E-state index contributed by atoms with van der Waals surface area (Å²) in [5.74, 6) is -2.24. The van der Waals surface area contributed by atoms with E-state index in [0.29, 0.717) is 29.0 Å². The van der Waals surface area contributed by atoms with E-state index < -0.39 is 18.0 Å². The summed E-state index contributed by atoms with van der Waals surface area (Å²) in [6.07, 6.45) is -0.439. The van der Waals surface area contributed by atoms with Crippen LogP contribution >= 0.6 is 11.3 Å². The quantitative estimate of drug-likeness (QED) is 0.630. The van der Waals surface area contributed by atoms with Gasteiger partial charge in [-0.05, 0) is 47.6 Å². The number of amides is 2. The van der Waals surface area contributed by atoms with Crippen LogP contribution in [0.3, 0.4) is 0 Å². The first kappa shape index (κ1) is 19.4. The highest BCUT2D eigenvalue weighted by Gasteiger charge is 2.56. The minimum atomic E-state index is -1.16. The molecular formula is C21H20N2O5S. The number of hydrogen-bond donors (Lipinski definition) is 3. The van der Waals surface area contributed by atoms with Gasteiger partial charge in [-0.15, -0.1) is 11.3 Å². The first-order valence-electron chi connectivity index (χ1n) is 9.27. The predicted octanol–water partition coefficient (Wildman–Crippen LogP) is 2.09. The first-order valence-corrected chi connectivity index (χ1v) is 10.1. The van der Waals surface area contributed by atoms with E-state index in [0.717, 1.165) is 5.56 Å². The molecule has 0 radical (unpaired) electrons. The van der Waals surface area contributed by atoms with Crippen molar-refractivity contribution in [3.8, 4) is 0 Å². The summed E-state index contributed by atoms with van der Waals surface area (Å²) in [7, 11) is 0. The first-order chi connectivity index (χ1) is 13.9. The zero-order valence-electron chi connectivity index (χ0n) is 15.7. The number of thiophene rings is 1. The number of nitrogens with zero attached hydrogens (tertiary/aromatic N) is 1. The molecule has 1 saturated heterocycles. The predicted molar refractivity (Wildman–Crippen MR) is 107 cm³/mol. The Morgan fingerprint density at radius 3 is 2.76 bits per heavy atom. The Morgan fingerprint density at radius 1 is 1.31 bits per heavy atom. The number of carboxylic acids is 1. The number of β-lactam (4-membered cyclic amide) rings is 1. The number of aliphatic hydroxyl groups excluding tert-OH is 1. The van der Waals surface area contributed by atoms with Gasteiger partial charge in [0.15, 0.2) is 0 Å². The van der Waals surface area contributed by atoms with E-state index in [4.69, 9.17) is 0 Å². The molecule has 150 valence electrons. The molecule has 3 N–H and O–H groups in total. The zero-order chi connectivity index (χ0) is 20.7. The lowest BCUT2D eigenvalue weighted by Crippen LogP contribution is -2.61. The lowest BCUT2D eigenvalue weighted by molar-refractivity contribution is -0.161. The third-order valence-electron chi connectivity index (χ3n) is 5.40.